The Morgan fingerprint density at radius 2 is 0.848 bits per heavy atom. The highest BCUT2D eigenvalue weighted by molar-refractivity contribution is 5.20. The van der Waals surface area contributed by atoms with Crippen LogP contribution in [0.25, 0.3) is 0 Å². The summed E-state index contributed by atoms with van der Waals surface area (Å²) in [4.78, 5) is 0. The highest BCUT2D eigenvalue weighted by atomic mass is 16.9. The molecule has 2 fully saturated rings. The Kier molecular flexibility index (Phi) is 14.9. The predicted molar refractivity (Wildman–Crippen MR) is 178 cm³/mol. The SMILES string of the molecule is CCCCC1(CC)COC(OCCOCCOCCOC2(c3ccccc3)OCC(CC)(CCCC)CO2)(c2ccccc2)OC1. The summed E-state index contributed by atoms with van der Waals surface area (Å²) in [6.45, 7) is 13.6. The number of benzene rings is 2. The molecule has 0 spiro atoms. The van der Waals surface area contributed by atoms with Crippen LogP contribution in [0, 0.1) is 10.8 Å². The van der Waals surface area contributed by atoms with Gasteiger partial charge in [0.25, 0.3) is 0 Å². The van der Waals surface area contributed by atoms with Crippen molar-refractivity contribution in [3.63, 3.8) is 0 Å². The first-order valence-electron chi connectivity index (χ1n) is 17.6. The van der Waals surface area contributed by atoms with Gasteiger partial charge >= 0.3 is 11.9 Å². The lowest BCUT2D eigenvalue weighted by Gasteiger charge is -2.45. The lowest BCUT2D eigenvalue weighted by molar-refractivity contribution is -0.434. The molecule has 0 aromatic heterocycles. The number of rotatable bonds is 21. The lowest BCUT2D eigenvalue weighted by atomic mass is 9.81. The molecule has 0 saturated carbocycles. The van der Waals surface area contributed by atoms with E-state index >= 15 is 0 Å². The fraction of sp³-hybridized carbons (Fsp3) is 0.684. The van der Waals surface area contributed by atoms with Crippen LogP contribution >= 0.6 is 0 Å². The molecule has 2 aliphatic rings. The van der Waals surface area contributed by atoms with Crippen molar-refractivity contribution in [3.05, 3.63) is 71.8 Å². The van der Waals surface area contributed by atoms with Crippen LogP contribution in [0.5, 0.6) is 0 Å². The van der Waals surface area contributed by atoms with Gasteiger partial charge in [-0.25, -0.2) is 0 Å². The molecule has 2 saturated heterocycles. The molecule has 0 radical (unpaired) electrons. The van der Waals surface area contributed by atoms with E-state index in [1.165, 1.54) is 0 Å². The van der Waals surface area contributed by atoms with Crippen LogP contribution < -0.4 is 0 Å². The van der Waals surface area contributed by atoms with Crippen LogP contribution in [0.15, 0.2) is 60.7 Å². The summed E-state index contributed by atoms with van der Waals surface area (Å²) >= 11 is 0. The summed E-state index contributed by atoms with van der Waals surface area (Å²) in [5.41, 5.74) is 1.78. The van der Waals surface area contributed by atoms with Crippen molar-refractivity contribution >= 4 is 0 Å². The Labute approximate surface area is 277 Å². The van der Waals surface area contributed by atoms with Gasteiger partial charge in [0.15, 0.2) is 0 Å². The Morgan fingerprint density at radius 3 is 1.17 bits per heavy atom. The highest BCUT2D eigenvalue weighted by Gasteiger charge is 2.47. The van der Waals surface area contributed by atoms with E-state index in [-0.39, 0.29) is 10.8 Å². The maximum Gasteiger partial charge on any atom is 0.312 e. The first-order chi connectivity index (χ1) is 22.5. The topological polar surface area (TPSA) is 73.8 Å². The van der Waals surface area contributed by atoms with Crippen molar-refractivity contribution in [1.29, 1.82) is 0 Å². The van der Waals surface area contributed by atoms with Crippen LogP contribution in [0.4, 0.5) is 0 Å². The van der Waals surface area contributed by atoms with Gasteiger partial charge in [-0.3, -0.25) is 0 Å². The van der Waals surface area contributed by atoms with Crippen molar-refractivity contribution in [2.75, 3.05) is 66.1 Å². The zero-order chi connectivity index (χ0) is 32.6. The molecule has 2 aromatic carbocycles. The highest BCUT2D eigenvalue weighted by Crippen LogP contribution is 2.43. The Morgan fingerprint density at radius 1 is 0.500 bits per heavy atom. The largest absolute Gasteiger partial charge is 0.377 e. The summed E-state index contributed by atoms with van der Waals surface area (Å²) in [7, 11) is 0. The zero-order valence-electron chi connectivity index (χ0n) is 28.8. The van der Waals surface area contributed by atoms with E-state index < -0.39 is 11.9 Å². The van der Waals surface area contributed by atoms with Gasteiger partial charge < -0.3 is 37.9 Å². The minimum absolute atomic E-state index is 0.0277. The van der Waals surface area contributed by atoms with E-state index in [2.05, 4.69) is 27.7 Å². The van der Waals surface area contributed by atoms with E-state index in [0.717, 1.165) is 62.5 Å². The molecule has 0 bridgehead atoms. The maximum atomic E-state index is 6.39. The normalized spacial score (nSPS) is 28.3. The van der Waals surface area contributed by atoms with Gasteiger partial charge in [-0.05, 0) is 25.7 Å². The quantitative estimate of drug-likeness (QED) is 0.127. The minimum Gasteiger partial charge on any atom is -0.377 e. The van der Waals surface area contributed by atoms with E-state index in [1.54, 1.807) is 0 Å². The summed E-state index contributed by atoms with van der Waals surface area (Å²) in [5.74, 6) is -2.43. The first kappa shape index (κ1) is 36.9. The van der Waals surface area contributed by atoms with Gasteiger partial charge in [-0.15, -0.1) is 0 Å². The van der Waals surface area contributed by atoms with Crippen LogP contribution in [-0.2, 0) is 49.8 Å². The molecule has 8 nitrogen and oxygen atoms in total. The van der Waals surface area contributed by atoms with Gasteiger partial charge in [0.05, 0.1) is 66.1 Å². The lowest BCUT2D eigenvalue weighted by Crippen LogP contribution is -2.49. The number of hydrogen-bond donors (Lipinski definition) is 0. The molecule has 2 heterocycles. The van der Waals surface area contributed by atoms with Crippen molar-refractivity contribution in [3.8, 4) is 0 Å². The first-order valence-corrected chi connectivity index (χ1v) is 17.6. The number of ether oxygens (including phenoxy) is 8. The molecule has 0 N–H and O–H groups in total. The predicted octanol–water partition coefficient (Wildman–Crippen LogP) is 7.94. The van der Waals surface area contributed by atoms with E-state index in [4.69, 9.17) is 37.9 Å². The summed E-state index contributed by atoms with van der Waals surface area (Å²) < 4.78 is 49.7. The van der Waals surface area contributed by atoms with Gasteiger partial charge in [0.2, 0.25) is 0 Å². The number of hydrogen-bond acceptors (Lipinski definition) is 8. The third-order valence-corrected chi connectivity index (χ3v) is 9.56. The van der Waals surface area contributed by atoms with Crippen molar-refractivity contribution in [2.24, 2.45) is 10.8 Å². The molecule has 0 unspecified atom stereocenters. The second-order valence-corrected chi connectivity index (χ2v) is 12.8. The molecule has 8 heteroatoms. The van der Waals surface area contributed by atoms with Gasteiger partial charge in [-0.1, -0.05) is 114 Å². The van der Waals surface area contributed by atoms with Crippen LogP contribution in [0.1, 0.15) is 90.2 Å². The van der Waals surface area contributed by atoms with Gasteiger partial charge in [-0.2, -0.15) is 0 Å². The monoisotopic (exact) mass is 642 g/mol. The van der Waals surface area contributed by atoms with E-state index in [0.29, 0.717) is 66.1 Å². The second kappa shape index (κ2) is 18.6. The Hall–Kier alpha value is -1.88. The summed E-state index contributed by atoms with van der Waals surface area (Å²) in [6.07, 6.45) is 8.84. The molecular weight excluding hydrogens is 584 g/mol. The smallest absolute Gasteiger partial charge is 0.312 e. The summed E-state index contributed by atoms with van der Waals surface area (Å²) in [6, 6.07) is 19.8. The van der Waals surface area contributed by atoms with Crippen LogP contribution in [0.2, 0.25) is 0 Å². The minimum atomic E-state index is -1.21. The fourth-order valence-corrected chi connectivity index (χ4v) is 6.06. The molecule has 0 aliphatic carbocycles. The third-order valence-electron chi connectivity index (χ3n) is 9.56. The average molecular weight is 643 g/mol. The fourth-order valence-electron chi connectivity index (χ4n) is 6.06. The molecular formula is C38H58O8. The van der Waals surface area contributed by atoms with E-state index in [1.807, 2.05) is 60.7 Å². The van der Waals surface area contributed by atoms with Gasteiger partial charge in [0.1, 0.15) is 0 Å². The van der Waals surface area contributed by atoms with Crippen LogP contribution in [-0.4, -0.2) is 66.1 Å². The molecule has 258 valence electrons. The Balaban J connectivity index is 1.18. The molecule has 2 aromatic rings. The molecule has 0 amide bonds. The van der Waals surface area contributed by atoms with Crippen molar-refractivity contribution in [1.82, 2.24) is 0 Å². The summed E-state index contributed by atoms with van der Waals surface area (Å²) in [5, 5.41) is 0. The Bertz CT molecular complexity index is 991. The van der Waals surface area contributed by atoms with Crippen molar-refractivity contribution in [2.45, 2.75) is 91.0 Å². The number of unbranched alkanes of at least 4 members (excludes halogenated alkanes) is 2. The third kappa shape index (κ3) is 9.83. The average Bonchev–Trinajstić information content (AvgIpc) is 3.12. The maximum absolute atomic E-state index is 6.39. The molecule has 0 atom stereocenters. The standard InChI is InChI=1S/C38H58O8/c1-5-9-21-35(7-3)29-43-37(44-30-35,33-17-13-11-14-18-33)41-27-25-39-23-24-40-26-28-42-38(34-19-15-12-16-20-34)45-31-36(8-4,32-46-38)22-10-6-2/h11-20H,5-10,21-32H2,1-4H3. The molecule has 46 heavy (non-hydrogen) atoms. The van der Waals surface area contributed by atoms with Gasteiger partial charge in [0, 0.05) is 22.0 Å². The second-order valence-electron chi connectivity index (χ2n) is 12.8. The van der Waals surface area contributed by atoms with Crippen molar-refractivity contribution < 1.29 is 37.9 Å². The van der Waals surface area contributed by atoms with Crippen LogP contribution in [0.3, 0.4) is 0 Å². The zero-order valence-corrected chi connectivity index (χ0v) is 28.8. The van der Waals surface area contributed by atoms with E-state index in [9.17, 15) is 0 Å². The molecule has 4 rings (SSSR count). The molecule has 2 aliphatic heterocycles.